The normalized spacial score (nSPS) is 14.6. The van der Waals surface area contributed by atoms with E-state index < -0.39 is 10.0 Å². The smallest absolute Gasteiger partial charge is 0.256 e. The van der Waals surface area contributed by atoms with Crippen molar-refractivity contribution in [3.05, 3.63) is 48.0 Å². The number of carbonyl (C=O) groups is 2. The first kappa shape index (κ1) is 21.8. The van der Waals surface area contributed by atoms with Crippen LogP contribution in [-0.2, 0) is 21.9 Å². The van der Waals surface area contributed by atoms with Gasteiger partial charge in [-0.05, 0) is 19.1 Å². The molecule has 168 valence electrons. The van der Waals surface area contributed by atoms with Gasteiger partial charge >= 0.3 is 0 Å². The van der Waals surface area contributed by atoms with Gasteiger partial charge in [-0.1, -0.05) is 30.3 Å². The number of imidazole rings is 1. The van der Waals surface area contributed by atoms with E-state index in [2.05, 4.69) is 4.72 Å². The number of anilines is 1. The summed E-state index contributed by atoms with van der Waals surface area (Å²) < 4.78 is 28.8. The first-order valence-electron chi connectivity index (χ1n) is 10.4. The summed E-state index contributed by atoms with van der Waals surface area (Å²) >= 11 is 0. The van der Waals surface area contributed by atoms with Gasteiger partial charge in [-0.2, -0.15) is 0 Å². The number of nitrogens with zero attached hydrogens (tertiary/aromatic N) is 4. The van der Waals surface area contributed by atoms with E-state index in [4.69, 9.17) is 4.98 Å². The third-order valence-corrected chi connectivity index (χ3v) is 6.94. The average Bonchev–Trinajstić information content (AvgIpc) is 3.14. The number of rotatable bonds is 6. The molecule has 3 aromatic rings. The topological polar surface area (TPSA) is 105 Å². The maximum atomic E-state index is 13.5. The fourth-order valence-electron chi connectivity index (χ4n) is 3.87. The van der Waals surface area contributed by atoms with Gasteiger partial charge in [-0.3, -0.25) is 14.3 Å². The summed E-state index contributed by atoms with van der Waals surface area (Å²) in [6.07, 6.45) is 0.785. The van der Waals surface area contributed by atoms with Crippen LogP contribution in [0.2, 0.25) is 0 Å². The van der Waals surface area contributed by atoms with Crippen molar-refractivity contribution >= 4 is 39.1 Å². The van der Waals surface area contributed by atoms with Crippen LogP contribution in [0.5, 0.6) is 0 Å². The van der Waals surface area contributed by atoms with Gasteiger partial charge in [0.05, 0.1) is 28.0 Å². The zero-order chi connectivity index (χ0) is 22.9. The van der Waals surface area contributed by atoms with Crippen molar-refractivity contribution in [1.29, 1.82) is 0 Å². The fourth-order valence-corrected chi connectivity index (χ4v) is 4.49. The number of sulfonamides is 1. The van der Waals surface area contributed by atoms with Gasteiger partial charge in [0, 0.05) is 38.8 Å². The molecule has 1 aliphatic heterocycles. The SMILES string of the molecule is CCS(=O)(=O)Nc1cc(C(=O)N2CCN(C=O)CC2)c2c(c1)nc(-c1ccccc1)n2C. The number of benzene rings is 2. The van der Waals surface area contributed by atoms with E-state index in [0.29, 0.717) is 54.3 Å². The zero-order valence-corrected chi connectivity index (χ0v) is 18.8. The molecule has 0 spiro atoms. The number of hydrogen-bond acceptors (Lipinski definition) is 5. The molecule has 1 N–H and O–H groups in total. The zero-order valence-electron chi connectivity index (χ0n) is 18.0. The highest BCUT2D eigenvalue weighted by molar-refractivity contribution is 7.92. The standard InChI is InChI=1S/C22H25N5O4S/c1-3-32(30,31)24-17-13-18(22(29)27-11-9-26(15-28)10-12-27)20-19(14-17)23-21(25(20)2)16-7-5-4-6-8-16/h4-8,13-15,24H,3,9-12H2,1-2H3. The molecule has 1 aromatic heterocycles. The highest BCUT2D eigenvalue weighted by atomic mass is 32.2. The van der Waals surface area contributed by atoms with Crippen molar-refractivity contribution < 1.29 is 18.0 Å². The minimum atomic E-state index is -3.53. The molecule has 0 bridgehead atoms. The van der Waals surface area contributed by atoms with Gasteiger partial charge in [-0.25, -0.2) is 13.4 Å². The predicted octanol–water partition coefficient (Wildman–Crippen LogP) is 1.92. The molecule has 4 rings (SSSR count). The van der Waals surface area contributed by atoms with Crippen molar-refractivity contribution in [3.63, 3.8) is 0 Å². The second-order valence-electron chi connectivity index (χ2n) is 7.69. The number of hydrogen-bond donors (Lipinski definition) is 1. The van der Waals surface area contributed by atoms with Gasteiger partial charge in [0.15, 0.2) is 0 Å². The lowest BCUT2D eigenvalue weighted by Crippen LogP contribution is -2.48. The van der Waals surface area contributed by atoms with E-state index in [9.17, 15) is 18.0 Å². The predicted molar refractivity (Wildman–Crippen MR) is 123 cm³/mol. The van der Waals surface area contributed by atoms with Crippen LogP contribution >= 0.6 is 0 Å². The van der Waals surface area contributed by atoms with Gasteiger partial charge in [0.2, 0.25) is 16.4 Å². The van der Waals surface area contributed by atoms with Crippen LogP contribution in [0, 0.1) is 0 Å². The number of nitrogens with one attached hydrogen (secondary N) is 1. The Hall–Kier alpha value is -3.40. The Kier molecular flexibility index (Phi) is 5.88. The van der Waals surface area contributed by atoms with Crippen molar-refractivity contribution in [2.24, 2.45) is 7.05 Å². The number of aryl methyl sites for hydroxylation is 1. The second kappa shape index (κ2) is 8.62. The van der Waals surface area contributed by atoms with Crippen molar-refractivity contribution in [2.45, 2.75) is 6.92 Å². The van der Waals surface area contributed by atoms with Crippen LogP contribution in [0.1, 0.15) is 17.3 Å². The average molecular weight is 456 g/mol. The molecule has 1 aliphatic rings. The van der Waals surface area contributed by atoms with Gasteiger partial charge in [0.1, 0.15) is 5.82 Å². The summed E-state index contributed by atoms with van der Waals surface area (Å²) in [5.74, 6) is 0.371. The number of fused-ring (bicyclic) bond motifs is 1. The Balaban J connectivity index is 1.84. The first-order chi connectivity index (χ1) is 15.3. The second-order valence-corrected chi connectivity index (χ2v) is 9.70. The minimum absolute atomic E-state index is 0.0839. The molecule has 2 aromatic carbocycles. The van der Waals surface area contributed by atoms with E-state index in [1.807, 2.05) is 41.9 Å². The Morgan fingerprint density at radius 3 is 2.44 bits per heavy atom. The number of amides is 2. The van der Waals surface area contributed by atoms with Crippen molar-refractivity contribution in [1.82, 2.24) is 19.4 Å². The lowest BCUT2D eigenvalue weighted by atomic mass is 10.1. The Bertz CT molecular complexity index is 1260. The molecule has 0 unspecified atom stereocenters. The van der Waals surface area contributed by atoms with Crippen LogP contribution in [0.15, 0.2) is 42.5 Å². The summed E-state index contributed by atoms with van der Waals surface area (Å²) in [5.41, 5.74) is 2.71. The third-order valence-electron chi connectivity index (χ3n) is 5.64. The van der Waals surface area contributed by atoms with Crippen LogP contribution in [-0.4, -0.2) is 72.0 Å². The third kappa shape index (κ3) is 4.18. The van der Waals surface area contributed by atoms with E-state index >= 15 is 0 Å². The summed E-state index contributed by atoms with van der Waals surface area (Å²) in [7, 11) is -1.69. The summed E-state index contributed by atoms with van der Waals surface area (Å²) in [4.78, 5) is 32.5. The summed E-state index contributed by atoms with van der Waals surface area (Å²) in [6.45, 7) is 3.29. The molecule has 9 nitrogen and oxygen atoms in total. The monoisotopic (exact) mass is 455 g/mol. The molecule has 2 heterocycles. The molecule has 32 heavy (non-hydrogen) atoms. The lowest BCUT2D eigenvalue weighted by molar-refractivity contribution is -0.119. The lowest BCUT2D eigenvalue weighted by Gasteiger charge is -2.32. The Morgan fingerprint density at radius 2 is 1.81 bits per heavy atom. The maximum absolute atomic E-state index is 13.5. The number of aromatic nitrogens is 2. The molecule has 2 amide bonds. The van der Waals surface area contributed by atoms with Crippen LogP contribution < -0.4 is 4.72 Å². The highest BCUT2D eigenvalue weighted by Crippen LogP contribution is 2.30. The molecular formula is C22H25N5O4S. The molecular weight excluding hydrogens is 430 g/mol. The van der Waals surface area contributed by atoms with Gasteiger partial charge in [0.25, 0.3) is 5.91 Å². The minimum Gasteiger partial charge on any atom is -0.342 e. The Labute approximate surface area is 186 Å². The quantitative estimate of drug-likeness (QED) is 0.572. The first-order valence-corrected chi connectivity index (χ1v) is 12.0. The molecule has 0 atom stereocenters. The highest BCUT2D eigenvalue weighted by Gasteiger charge is 2.26. The molecule has 10 heteroatoms. The van der Waals surface area contributed by atoms with E-state index in [1.165, 1.54) is 0 Å². The van der Waals surface area contributed by atoms with Gasteiger partial charge in [-0.15, -0.1) is 0 Å². The van der Waals surface area contributed by atoms with E-state index in [0.717, 1.165) is 12.0 Å². The van der Waals surface area contributed by atoms with Crippen LogP contribution in [0.25, 0.3) is 22.4 Å². The number of piperazine rings is 1. The molecule has 1 fully saturated rings. The summed E-state index contributed by atoms with van der Waals surface area (Å²) in [6, 6.07) is 12.8. The molecule has 0 saturated carbocycles. The van der Waals surface area contributed by atoms with E-state index in [-0.39, 0.29) is 11.7 Å². The summed E-state index contributed by atoms with van der Waals surface area (Å²) in [5, 5.41) is 0. The van der Waals surface area contributed by atoms with Crippen molar-refractivity contribution in [2.75, 3.05) is 36.7 Å². The van der Waals surface area contributed by atoms with E-state index in [1.54, 1.807) is 28.9 Å². The molecule has 1 saturated heterocycles. The van der Waals surface area contributed by atoms with Gasteiger partial charge < -0.3 is 14.4 Å². The number of carbonyl (C=O) groups excluding carboxylic acids is 2. The van der Waals surface area contributed by atoms with Crippen LogP contribution in [0.3, 0.4) is 0 Å². The molecule has 0 radical (unpaired) electrons. The van der Waals surface area contributed by atoms with Crippen molar-refractivity contribution in [3.8, 4) is 11.4 Å². The maximum Gasteiger partial charge on any atom is 0.256 e. The molecule has 0 aliphatic carbocycles. The largest absolute Gasteiger partial charge is 0.342 e. The van der Waals surface area contributed by atoms with Crippen LogP contribution in [0.4, 0.5) is 5.69 Å². The fraction of sp³-hybridized carbons (Fsp3) is 0.318. The Morgan fingerprint density at radius 1 is 1.12 bits per heavy atom.